The summed E-state index contributed by atoms with van der Waals surface area (Å²) in [5, 5.41) is 3.85. The smallest absolute Gasteiger partial charge is 0.135 e. The molecule has 3 aromatic rings. The van der Waals surface area contributed by atoms with Crippen molar-refractivity contribution in [3.63, 3.8) is 0 Å². The van der Waals surface area contributed by atoms with Crippen LogP contribution in [0, 0.1) is 5.92 Å². The molecule has 1 fully saturated rings. The molecule has 0 radical (unpaired) electrons. The van der Waals surface area contributed by atoms with E-state index in [9.17, 15) is 0 Å². The van der Waals surface area contributed by atoms with Gasteiger partial charge in [0, 0.05) is 15.4 Å². The lowest BCUT2D eigenvalue weighted by atomic mass is 9.99. The highest BCUT2D eigenvalue weighted by Gasteiger charge is 2.46. The lowest BCUT2D eigenvalue weighted by Crippen LogP contribution is -1.91. The first kappa shape index (κ1) is 10.3. The number of hydrogen-bond acceptors (Lipinski definition) is 1. The second-order valence-electron chi connectivity index (χ2n) is 5.55. The normalized spacial score (nSPS) is 24.2. The zero-order valence-electron chi connectivity index (χ0n) is 10.2. The van der Waals surface area contributed by atoms with E-state index in [1.54, 1.807) is 0 Å². The standard InChI is InChI=1S/C17H11BrO/c18-14-8-16-17(12-7-11(12)14)13-5-9-3-1-2-4-10(9)6-15(13)19-16/h1-6,8,11-12H,7H2. The molecule has 2 aromatic carbocycles. The third-order valence-electron chi connectivity index (χ3n) is 4.41. The second kappa shape index (κ2) is 3.31. The average Bonchev–Trinajstić information content (AvgIpc) is 3.13. The second-order valence-corrected chi connectivity index (χ2v) is 6.47. The molecule has 0 aliphatic heterocycles. The zero-order valence-corrected chi connectivity index (χ0v) is 11.8. The van der Waals surface area contributed by atoms with Crippen molar-refractivity contribution in [2.24, 2.45) is 5.92 Å². The fraction of sp³-hybridized carbons (Fsp3) is 0.176. The largest absolute Gasteiger partial charge is 0.456 e. The van der Waals surface area contributed by atoms with E-state index in [2.05, 4.69) is 58.4 Å². The molecular weight excluding hydrogens is 300 g/mol. The van der Waals surface area contributed by atoms with Gasteiger partial charge in [-0.15, -0.1) is 0 Å². The van der Waals surface area contributed by atoms with Gasteiger partial charge in [-0.05, 0) is 47.2 Å². The van der Waals surface area contributed by atoms with Crippen LogP contribution in [0.3, 0.4) is 0 Å². The van der Waals surface area contributed by atoms with E-state index in [-0.39, 0.29) is 0 Å². The SMILES string of the molecule is BrC1=Cc2oc3cc4ccccc4cc3c2C2CC12. The predicted octanol–water partition coefficient (Wildman–Crippen LogP) is 5.44. The van der Waals surface area contributed by atoms with Gasteiger partial charge in [-0.1, -0.05) is 40.2 Å². The summed E-state index contributed by atoms with van der Waals surface area (Å²) in [7, 11) is 0. The third kappa shape index (κ3) is 1.30. The maximum atomic E-state index is 6.06. The number of furan rings is 1. The van der Waals surface area contributed by atoms with Gasteiger partial charge in [0.05, 0.1) is 0 Å². The molecule has 1 saturated carbocycles. The summed E-state index contributed by atoms with van der Waals surface area (Å²) in [4.78, 5) is 0. The van der Waals surface area contributed by atoms with Crippen LogP contribution in [0.1, 0.15) is 23.7 Å². The van der Waals surface area contributed by atoms with Crippen LogP contribution in [0.4, 0.5) is 0 Å². The molecule has 0 N–H and O–H groups in total. The number of hydrogen-bond donors (Lipinski definition) is 0. The Morgan fingerprint density at radius 2 is 1.84 bits per heavy atom. The van der Waals surface area contributed by atoms with Crippen LogP contribution in [0.15, 0.2) is 45.3 Å². The van der Waals surface area contributed by atoms with Crippen molar-refractivity contribution in [3.8, 4) is 0 Å². The maximum absolute atomic E-state index is 6.06. The minimum Gasteiger partial charge on any atom is -0.456 e. The number of rotatable bonds is 0. The monoisotopic (exact) mass is 310 g/mol. The van der Waals surface area contributed by atoms with Gasteiger partial charge < -0.3 is 4.42 Å². The quantitative estimate of drug-likeness (QED) is 0.539. The molecule has 5 rings (SSSR count). The van der Waals surface area contributed by atoms with Crippen LogP contribution < -0.4 is 0 Å². The van der Waals surface area contributed by atoms with Crippen molar-refractivity contribution < 1.29 is 4.42 Å². The third-order valence-corrected chi connectivity index (χ3v) is 5.22. The maximum Gasteiger partial charge on any atom is 0.135 e. The zero-order chi connectivity index (χ0) is 12.6. The summed E-state index contributed by atoms with van der Waals surface area (Å²) in [6.45, 7) is 0. The molecule has 2 heteroatoms. The molecule has 2 aliphatic carbocycles. The van der Waals surface area contributed by atoms with E-state index in [4.69, 9.17) is 4.42 Å². The Kier molecular flexibility index (Phi) is 1.79. The topological polar surface area (TPSA) is 13.1 Å². The van der Waals surface area contributed by atoms with Crippen molar-refractivity contribution >= 4 is 43.7 Å². The summed E-state index contributed by atoms with van der Waals surface area (Å²) in [6.07, 6.45) is 3.42. The van der Waals surface area contributed by atoms with E-state index in [0.29, 0.717) is 11.8 Å². The van der Waals surface area contributed by atoms with Crippen molar-refractivity contribution in [3.05, 3.63) is 52.2 Å². The molecular formula is C17H11BrO. The Morgan fingerprint density at radius 3 is 2.68 bits per heavy atom. The van der Waals surface area contributed by atoms with Crippen LogP contribution in [-0.2, 0) is 0 Å². The van der Waals surface area contributed by atoms with E-state index >= 15 is 0 Å². The molecule has 0 saturated heterocycles. The van der Waals surface area contributed by atoms with E-state index in [0.717, 1.165) is 11.3 Å². The molecule has 1 aromatic heterocycles. The first-order valence-corrected chi connectivity index (χ1v) is 7.43. The van der Waals surface area contributed by atoms with Crippen LogP contribution in [0.25, 0.3) is 27.8 Å². The van der Waals surface area contributed by atoms with Crippen molar-refractivity contribution in [1.82, 2.24) is 0 Å². The summed E-state index contributed by atoms with van der Waals surface area (Å²) in [6, 6.07) is 12.9. The van der Waals surface area contributed by atoms with E-state index in [1.165, 1.54) is 32.6 Å². The summed E-state index contributed by atoms with van der Waals surface area (Å²) in [5.74, 6) is 2.41. The van der Waals surface area contributed by atoms with E-state index < -0.39 is 0 Å². The Hall–Kier alpha value is -1.54. The predicted molar refractivity (Wildman–Crippen MR) is 81.5 cm³/mol. The van der Waals surface area contributed by atoms with Gasteiger partial charge in [0.25, 0.3) is 0 Å². The molecule has 0 bridgehead atoms. The number of benzene rings is 2. The van der Waals surface area contributed by atoms with Gasteiger partial charge in [-0.2, -0.15) is 0 Å². The highest BCUT2D eigenvalue weighted by atomic mass is 79.9. The summed E-state index contributed by atoms with van der Waals surface area (Å²) in [5.41, 5.74) is 2.45. The lowest BCUT2D eigenvalue weighted by Gasteiger charge is -2.06. The van der Waals surface area contributed by atoms with Gasteiger partial charge in [-0.25, -0.2) is 0 Å². The molecule has 2 unspecified atom stereocenters. The van der Waals surface area contributed by atoms with Gasteiger partial charge in [0.2, 0.25) is 0 Å². The van der Waals surface area contributed by atoms with Gasteiger partial charge >= 0.3 is 0 Å². The Balaban J connectivity index is 1.92. The highest BCUT2D eigenvalue weighted by molar-refractivity contribution is 9.11. The molecule has 1 heterocycles. The van der Waals surface area contributed by atoms with Crippen LogP contribution in [-0.4, -0.2) is 0 Å². The Morgan fingerprint density at radius 1 is 1.05 bits per heavy atom. The Bertz CT molecular complexity index is 871. The fourth-order valence-electron chi connectivity index (χ4n) is 3.36. The van der Waals surface area contributed by atoms with Crippen molar-refractivity contribution in [2.75, 3.05) is 0 Å². The molecule has 92 valence electrons. The first-order valence-electron chi connectivity index (χ1n) is 6.63. The number of allylic oxidation sites excluding steroid dienone is 1. The van der Waals surface area contributed by atoms with Gasteiger partial charge in [0.1, 0.15) is 11.3 Å². The molecule has 0 amide bonds. The molecule has 2 atom stereocenters. The minimum atomic E-state index is 0.664. The van der Waals surface area contributed by atoms with Gasteiger partial charge in [0.15, 0.2) is 0 Å². The highest BCUT2D eigenvalue weighted by Crippen LogP contribution is 2.60. The molecule has 0 spiro atoms. The first-order chi connectivity index (χ1) is 9.31. The van der Waals surface area contributed by atoms with Crippen LogP contribution >= 0.6 is 15.9 Å². The van der Waals surface area contributed by atoms with Crippen molar-refractivity contribution in [2.45, 2.75) is 12.3 Å². The van der Waals surface area contributed by atoms with E-state index in [1.807, 2.05) is 0 Å². The molecule has 2 aliphatic rings. The average molecular weight is 311 g/mol. The summed E-state index contributed by atoms with van der Waals surface area (Å²) < 4.78 is 7.36. The fourth-order valence-corrected chi connectivity index (χ4v) is 4.08. The minimum absolute atomic E-state index is 0.664. The lowest BCUT2D eigenvalue weighted by molar-refractivity contribution is 0.596. The molecule has 1 nitrogen and oxygen atoms in total. The number of fused-ring (bicyclic) bond motifs is 6. The van der Waals surface area contributed by atoms with Gasteiger partial charge in [-0.3, -0.25) is 0 Å². The van der Waals surface area contributed by atoms with Crippen LogP contribution in [0.5, 0.6) is 0 Å². The molecule has 19 heavy (non-hydrogen) atoms. The van der Waals surface area contributed by atoms with Crippen molar-refractivity contribution in [1.29, 1.82) is 0 Å². The summed E-state index contributed by atoms with van der Waals surface area (Å²) >= 11 is 3.67. The number of halogens is 1. The van der Waals surface area contributed by atoms with Crippen LogP contribution in [0.2, 0.25) is 0 Å². The Labute approximate surface area is 119 Å².